The molecule has 1 N–H and O–H groups in total. The molecule has 204 valence electrons. The van der Waals surface area contributed by atoms with Gasteiger partial charge in [0.1, 0.15) is 11.5 Å². The van der Waals surface area contributed by atoms with Crippen LogP contribution in [0.25, 0.3) is 11.3 Å². The maximum atomic E-state index is 15.2. The van der Waals surface area contributed by atoms with Gasteiger partial charge in [0.05, 0.1) is 17.1 Å². The summed E-state index contributed by atoms with van der Waals surface area (Å²) in [5.41, 5.74) is 9.32. The van der Waals surface area contributed by atoms with Crippen molar-refractivity contribution in [2.75, 3.05) is 18.0 Å². The monoisotopic (exact) mass is 524 g/mol. The largest absolute Gasteiger partial charge is 0.380 e. The number of fused-ring (bicyclic) bond motifs is 1. The standard InChI is InChI=1S/C34H41FN4/c1-7-31-33(39-22-23(2)8-15-32(39)37-31)24(3)36-21-27-10-9-26(20-30(27)35)25-16-18-38(19-17-25)29-13-11-28(12-14-29)34(4,5)6/h8-15,20,22,25,36H,3,7,16-19,21H2,1-2,4-6H3. The Kier molecular flexibility index (Phi) is 7.53. The predicted molar refractivity (Wildman–Crippen MR) is 161 cm³/mol. The Balaban J connectivity index is 1.21. The Morgan fingerprint density at radius 1 is 1.05 bits per heavy atom. The van der Waals surface area contributed by atoms with Crippen LogP contribution in [-0.2, 0) is 18.4 Å². The van der Waals surface area contributed by atoms with Crippen LogP contribution < -0.4 is 10.2 Å². The molecule has 2 aromatic heterocycles. The van der Waals surface area contributed by atoms with Gasteiger partial charge in [-0.1, -0.05) is 64.6 Å². The molecule has 0 saturated carbocycles. The van der Waals surface area contributed by atoms with Crippen molar-refractivity contribution in [2.24, 2.45) is 0 Å². The van der Waals surface area contributed by atoms with Gasteiger partial charge in [0.15, 0.2) is 0 Å². The first kappa shape index (κ1) is 27.0. The third kappa shape index (κ3) is 5.73. The Hall–Kier alpha value is -3.60. The molecule has 0 aliphatic carbocycles. The van der Waals surface area contributed by atoms with E-state index in [1.807, 2.05) is 12.1 Å². The molecule has 1 saturated heterocycles. The minimum Gasteiger partial charge on any atom is -0.380 e. The van der Waals surface area contributed by atoms with Crippen molar-refractivity contribution in [1.82, 2.24) is 14.7 Å². The number of imidazole rings is 1. The van der Waals surface area contributed by atoms with Crippen molar-refractivity contribution in [3.8, 4) is 0 Å². The first-order valence-corrected chi connectivity index (χ1v) is 14.2. The number of pyridine rings is 1. The Bertz CT molecular complexity index is 1470. The highest BCUT2D eigenvalue weighted by molar-refractivity contribution is 5.65. The fourth-order valence-corrected chi connectivity index (χ4v) is 5.66. The number of benzene rings is 2. The molecule has 1 fully saturated rings. The molecule has 3 heterocycles. The number of nitrogens with one attached hydrogen (secondary N) is 1. The molecule has 4 nitrogen and oxygen atoms in total. The lowest BCUT2D eigenvalue weighted by molar-refractivity contribution is 0.501. The van der Waals surface area contributed by atoms with E-state index in [0.29, 0.717) is 18.0 Å². The van der Waals surface area contributed by atoms with Crippen molar-refractivity contribution >= 4 is 17.0 Å². The average Bonchev–Trinajstić information content (AvgIpc) is 3.29. The number of rotatable bonds is 7. The summed E-state index contributed by atoms with van der Waals surface area (Å²) >= 11 is 0. The molecule has 0 atom stereocenters. The van der Waals surface area contributed by atoms with E-state index >= 15 is 4.39 Å². The Morgan fingerprint density at radius 3 is 2.41 bits per heavy atom. The number of nitrogens with zero attached hydrogens (tertiary/aromatic N) is 3. The lowest BCUT2D eigenvalue weighted by Gasteiger charge is -2.34. The zero-order valence-electron chi connectivity index (χ0n) is 24.0. The van der Waals surface area contributed by atoms with E-state index in [1.54, 1.807) is 6.07 Å². The fourth-order valence-electron chi connectivity index (χ4n) is 5.66. The highest BCUT2D eigenvalue weighted by Crippen LogP contribution is 2.32. The van der Waals surface area contributed by atoms with Gasteiger partial charge in [0.25, 0.3) is 0 Å². The summed E-state index contributed by atoms with van der Waals surface area (Å²) in [5, 5.41) is 3.36. The summed E-state index contributed by atoms with van der Waals surface area (Å²) in [4.78, 5) is 7.21. The smallest absolute Gasteiger partial charge is 0.137 e. The zero-order valence-corrected chi connectivity index (χ0v) is 24.0. The molecule has 0 radical (unpaired) electrons. The van der Waals surface area contributed by atoms with Crippen LogP contribution in [0, 0.1) is 12.7 Å². The molecule has 0 unspecified atom stereocenters. The maximum Gasteiger partial charge on any atom is 0.137 e. The molecule has 5 rings (SSSR count). The number of piperidine rings is 1. The van der Waals surface area contributed by atoms with E-state index in [-0.39, 0.29) is 11.2 Å². The molecule has 1 aliphatic heterocycles. The lowest BCUT2D eigenvalue weighted by atomic mass is 9.86. The van der Waals surface area contributed by atoms with E-state index in [9.17, 15) is 0 Å². The van der Waals surface area contributed by atoms with Crippen molar-refractivity contribution in [3.63, 3.8) is 0 Å². The second-order valence-corrected chi connectivity index (χ2v) is 11.9. The van der Waals surface area contributed by atoms with Gasteiger partial charge in [0.2, 0.25) is 0 Å². The molecule has 0 amide bonds. The van der Waals surface area contributed by atoms with Crippen LogP contribution >= 0.6 is 0 Å². The second kappa shape index (κ2) is 10.9. The van der Waals surface area contributed by atoms with Gasteiger partial charge in [-0.2, -0.15) is 0 Å². The SMILES string of the molecule is C=C(NCc1ccc(C2CCN(c3ccc(C(C)(C)C)cc3)CC2)cc1F)c1c(CC)nc2ccc(C)cn12. The van der Waals surface area contributed by atoms with Gasteiger partial charge in [-0.05, 0) is 78.5 Å². The molecular formula is C34H41FN4. The Morgan fingerprint density at radius 2 is 1.77 bits per heavy atom. The summed E-state index contributed by atoms with van der Waals surface area (Å²) in [5.74, 6) is 0.229. The van der Waals surface area contributed by atoms with E-state index in [1.165, 1.54) is 11.3 Å². The number of aryl methyl sites for hydroxylation is 2. The van der Waals surface area contributed by atoms with Crippen LogP contribution in [0.4, 0.5) is 10.1 Å². The van der Waals surface area contributed by atoms with E-state index in [4.69, 9.17) is 4.98 Å². The van der Waals surface area contributed by atoms with E-state index in [0.717, 1.165) is 66.2 Å². The summed E-state index contributed by atoms with van der Waals surface area (Å²) in [7, 11) is 0. The van der Waals surface area contributed by atoms with Crippen LogP contribution in [0.5, 0.6) is 0 Å². The highest BCUT2D eigenvalue weighted by Gasteiger charge is 2.23. The van der Waals surface area contributed by atoms with E-state index < -0.39 is 0 Å². The predicted octanol–water partition coefficient (Wildman–Crippen LogP) is 7.79. The van der Waals surface area contributed by atoms with Crippen molar-refractivity contribution in [2.45, 2.75) is 71.8 Å². The number of anilines is 1. The van der Waals surface area contributed by atoms with Crippen LogP contribution in [0.2, 0.25) is 0 Å². The molecule has 0 spiro atoms. The van der Waals surface area contributed by atoms with Crippen molar-refractivity contribution in [3.05, 3.63) is 107 Å². The molecule has 1 aliphatic rings. The highest BCUT2D eigenvalue weighted by atomic mass is 19.1. The normalized spacial score (nSPS) is 14.7. The van der Waals surface area contributed by atoms with Crippen LogP contribution in [0.1, 0.15) is 80.1 Å². The molecule has 0 bridgehead atoms. The third-order valence-electron chi connectivity index (χ3n) is 8.09. The van der Waals surface area contributed by atoms with Crippen molar-refractivity contribution < 1.29 is 4.39 Å². The van der Waals surface area contributed by atoms with E-state index in [2.05, 4.69) is 98.4 Å². The third-order valence-corrected chi connectivity index (χ3v) is 8.09. The maximum absolute atomic E-state index is 15.2. The van der Waals surface area contributed by atoms with Gasteiger partial charge in [-0.25, -0.2) is 9.37 Å². The molecule has 4 aromatic rings. The topological polar surface area (TPSA) is 32.6 Å². The van der Waals surface area contributed by atoms with Gasteiger partial charge in [-0.15, -0.1) is 0 Å². The molecule has 2 aromatic carbocycles. The van der Waals surface area contributed by atoms with Gasteiger partial charge < -0.3 is 10.2 Å². The zero-order chi connectivity index (χ0) is 27.7. The number of halogens is 1. The number of hydrogen-bond acceptors (Lipinski definition) is 3. The van der Waals surface area contributed by atoms with Gasteiger partial charge in [-0.3, -0.25) is 4.40 Å². The second-order valence-electron chi connectivity index (χ2n) is 11.9. The first-order chi connectivity index (χ1) is 18.6. The van der Waals surface area contributed by atoms with Crippen LogP contribution in [0.15, 0.2) is 67.4 Å². The summed E-state index contributed by atoms with van der Waals surface area (Å²) in [6.07, 6.45) is 4.94. The summed E-state index contributed by atoms with van der Waals surface area (Å²) in [6.45, 7) is 17.5. The number of hydrogen-bond donors (Lipinski definition) is 1. The van der Waals surface area contributed by atoms with Crippen LogP contribution in [0.3, 0.4) is 0 Å². The quantitative estimate of drug-likeness (QED) is 0.268. The fraction of sp³-hybridized carbons (Fsp3) is 0.382. The summed E-state index contributed by atoms with van der Waals surface area (Å²) < 4.78 is 17.3. The summed E-state index contributed by atoms with van der Waals surface area (Å²) in [6, 6.07) is 18.9. The average molecular weight is 525 g/mol. The van der Waals surface area contributed by atoms with Gasteiger partial charge >= 0.3 is 0 Å². The molecular weight excluding hydrogens is 483 g/mol. The minimum atomic E-state index is -0.155. The molecule has 39 heavy (non-hydrogen) atoms. The number of aromatic nitrogens is 2. The Labute approximate surface area is 232 Å². The minimum absolute atomic E-state index is 0.155. The van der Waals surface area contributed by atoms with Gasteiger partial charge in [0, 0.05) is 37.1 Å². The molecule has 5 heteroatoms. The van der Waals surface area contributed by atoms with Crippen molar-refractivity contribution in [1.29, 1.82) is 0 Å². The van der Waals surface area contributed by atoms with Crippen LogP contribution in [-0.4, -0.2) is 22.5 Å². The lowest BCUT2D eigenvalue weighted by Crippen LogP contribution is -2.33. The first-order valence-electron chi connectivity index (χ1n) is 14.2.